The maximum Gasteiger partial charge on any atom is 0.336 e. The molecule has 2 heterocycles. The van der Waals surface area contributed by atoms with Gasteiger partial charge in [-0.05, 0) is 25.0 Å². The monoisotopic (exact) mass is 345 g/mol. The van der Waals surface area contributed by atoms with Crippen molar-refractivity contribution in [3.05, 3.63) is 45.3 Å². The standard InChI is InChI=1S/C19H24N2O4/c1-13-4-5-16-15(10-18(23)25-19(16)14(13)2)11-20(3)12-17(22)21-6-8-24-9-7-21/h4-5,10H,6-9,11-12H2,1-3H3/p+1. The van der Waals surface area contributed by atoms with Crippen molar-refractivity contribution in [2.45, 2.75) is 20.4 Å². The van der Waals surface area contributed by atoms with Gasteiger partial charge in [-0.3, -0.25) is 4.79 Å². The quantitative estimate of drug-likeness (QED) is 0.809. The number of nitrogens with zero attached hydrogens (tertiary/aromatic N) is 1. The van der Waals surface area contributed by atoms with Gasteiger partial charge in [0.15, 0.2) is 6.54 Å². The van der Waals surface area contributed by atoms with Crippen molar-refractivity contribution in [1.29, 1.82) is 0 Å². The number of benzene rings is 1. The SMILES string of the molecule is Cc1ccc2c(C[NH+](C)CC(=O)N3CCOCC3)cc(=O)oc2c1C. The van der Waals surface area contributed by atoms with Crippen LogP contribution >= 0.6 is 0 Å². The van der Waals surface area contributed by atoms with Crippen molar-refractivity contribution in [1.82, 2.24) is 4.90 Å². The molecule has 1 amide bonds. The zero-order valence-corrected chi connectivity index (χ0v) is 15.1. The van der Waals surface area contributed by atoms with Crippen LogP contribution in [0.25, 0.3) is 11.0 Å². The first-order chi connectivity index (χ1) is 12.0. The van der Waals surface area contributed by atoms with Crippen molar-refractivity contribution < 1.29 is 18.8 Å². The Balaban J connectivity index is 1.79. The molecule has 0 spiro atoms. The predicted octanol–water partition coefficient (Wildman–Crippen LogP) is 0.283. The number of quaternary nitrogens is 1. The number of carbonyl (C=O) groups excluding carboxylic acids is 1. The highest BCUT2D eigenvalue weighted by atomic mass is 16.5. The van der Waals surface area contributed by atoms with Crippen LogP contribution in [0.4, 0.5) is 0 Å². The summed E-state index contributed by atoms with van der Waals surface area (Å²) >= 11 is 0. The lowest BCUT2D eigenvalue weighted by Crippen LogP contribution is -3.09. The number of morpholine rings is 1. The van der Waals surface area contributed by atoms with Crippen LogP contribution in [-0.4, -0.2) is 50.7 Å². The van der Waals surface area contributed by atoms with Crippen molar-refractivity contribution in [3.63, 3.8) is 0 Å². The molecule has 6 heteroatoms. The Kier molecular flexibility index (Phi) is 5.20. The van der Waals surface area contributed by atoms with E-state index in [-0.39, 0.29) is 11.5 Å². The molecule has 1 N–H and O–H groups in total. The third-order valence-corrected chi connectivity index (χ3v) is 4.83. The minimum Gasteiger partial charge on any atom is -0.422 e. The summed E-state index contributed by atoms with van der Waals surface area (Å²) in [7, 11) is 1.97. The molecule has 134 valence electrons. The first-order valence-electron chi connectivity index (χ1n) is 8.65. The van der Waals surface area contributed by atoms with Gasteiger partial charge in [0.2, 0.25) is 0 Å². The van der Waals surface area contributed by atoms with Crippen molar-refractivity contribution in [2.24, 2.45) is 0 Å². The van der Waals surface area contributed by atoms with Gasteiger partial charge in [-0.2, -0.15) is 0 Å². The Hall–Kier alpha value is -2.18. The van der Waals surface area contributed by atoms with E-state index in [9.17, 15) is 9.59 Å². The van der Waals surface area contributed by atoms with E-state index in [1.807, 2.05) is 37.9 Å². The molecule has 6 nitrogen and oxygen atoms in total. The fraction of sp³-hybridized carbons (Fsp3) is 0.474. The van der Waals surface area contributed by atoms with Crippen LogP contribution in [0.2, 0.25) is 0 Å². The third kappa shape index (κ3) is 3.91. The molecule has 1 saturated heterocycles. The largest absolute Gasteiger partial charge is 0.422 e. The van der Waals surface area contributed by atoms with Gasteiger partial charge in [0.25, 0.3) is 5.91 Å². The van der Waals surface area contributed by atoms with Crippen LogP contribution in [0.5, 0.6) is 0 Å². The first-order valence-corrected chi connectivity index (χ1v) is 8.65. The number of aryl methyl sites for hydroxylation is 2. The number of amides is 1. The number of hydrogen-bond donors (Lipinski definition) is 1. The van der Waals surface area contributed by atoms with Gasteiger partial charge in [0, 0.05) is 30.1 Å². The zero-order chi connectivity index (χ0) is 18.0. The molecule has 1 aliphatic rings. The minimum absolute atomic E-state index is 0.125. The Morgan fingerprint density at radius 2 is 1.96 bits per heavy atom. The molecule has 1 atom stereocenters. The molecule has 0 aliphatic carbocycles. The molecule has 1 unspecified atom stereocenters. The summed E-state index contributed by atoms with van der Waals surface area (Å²) in [5.74, 6) is 0.125. The lowest BCUT2D eigenvalue weighted by molar-refractivity contribution is -0.885. The molecule has 1 aromatic heterocycles. The fourth-order valence-corrected chi connectivity index (χ4v) is 3.24. The van der Waals surface area contributed by atoms with Crippen LogP contribution in [0.3, 0.4) is 0 Å². The van der Waals surface area contributed by atoms with Crippen molar-refractivity contribution in [2.75, 3.05) is 39.9 Å². The molecule has 0 radical (unpaired) electrons. The van der Waals surface area contributed by atoms with E-state index in [0.29, 0.717) is 45.0 Å². The zero-order valence-electron chi connectivity index (χ0n) is 15.1. The lowest BCUT2D eigenvalue weighted by Gasteiger charge is -2.27. The topological polar surface area (TPSA) is 64.2 Å². The highest BCUT2D eigenvalue weighted by molar-refractivity contribution is 5.83. The smallest absolute Gasteiger partial charge is 0.336 e. The second-order valence-electron chi connectivity index (χ2n) is 6.78. The summed E-state index contributed by atoms with van der Waals surface area (Å²) in [5.41, 5.74) is 3.30. The van der Waals surface area contributed by atoms with Gasteiger partial charge in [-0.15, -0.1) is 0 Å². The number of fused-ring (bicyclic) bond motifs is 1. The highest BCUT2D eigenvalue weighted by Gasteiger charge is 2.21. The van der Waals surface area contributed by atoms with E-state index in [1.165, 1.54) is 0 Å². The summed E-state index contributed by atoms with van der Waals surface area (Å²) in [6.45, 7) is 7.47. The molecule has 2 aromatic rings. The molecule has 0 bridgehead atoms. The molecule has 25 heavy (non-hydrogen) atoms. The maximum atomic E-state index is 12.4. The molecular weight excluding hydrogens is 320 g/mol. The van der Waals surface area contributed by atoms with Gasteiger partial charge >= 0.3 is 5.63 Å². The van der Waals surface area contributed by atoms with Crippen molar-refractivity contribution >= 4 is 16.9 Å². The minimum atomic E-state index is -0.344. The average molecular weight is 345 g/mol. The highest BCUT2D eigenvalue weighted by Crippen LogP contribution is 2.22. The third-order valence-electron chi connectivity index (χ3n) is 4.83. The summed E-state index contributed by atoms with van der Waals surface area (Å²) in [5, 5.41) is 0.945. The Morgan fingerprint density at radius 3 is 2.68 bits per heavy atom. The number of carbonyl (C=O) groups is 1. The van der Waals surface area contributed by atoms with Gasteiger partial charge in [-0.1, -0.05) is 12.1 Å². The van der Waals surface area contributed by atoms with Gasteiger partial charge in [0.1, 0.15) is 12.1 Å². The summed E-state index contributed by atoms with van der Waals surface area (Å²) in [6.07, 6.45) is 0. The number of ether oxygens (including phenoxy) is 1. The molecular formula is C19H25N2O4+. The molecule has 1 aliphatic heterocycles. The Bertz CT molecular complexity index is 837. The normalized spacial score (nSPS) is 16.2. The van der Waals surface area contributed by atoms with Crippen molar-refractivity contribution in [3.8, 4) is 0 Å². The number of hydrogen-bond acceptors (Lipinski definition) is 4. The van der Waals surface area contributed by atoms with E-state index in [4.69, 9.17) is 9.15 Å². The van der Waals surface area contributed by atoms with E-state index in [1.54, 1.807) is 6.07 Å². The molecule has 1 aromatic carbocycles. The van der Waals surface area contributed by atoms with E-state index >= 15 is 0 Å². The van der Waals surface area contributed by atoms with E-state index in [0.717, 1.165) is 27.0 Å². The maximum absolute atomic E-state index is 12.4. The van der Waals surface area contributed by atoms with E-state index < -0.39 is 0 Å². The number of likely N-dealkylation sites (N-methyl/N-ethyl adjacent to an activating group) is 1. The van der Waals surface area contributed by atoms with Gasteiger partial charge in [-0.25, -0.2) is 4.79 Å². The summed E-state index contributed by atoms with van der Waals surface area (Å²) in [4.78, 5) is 27.2. The Labute approximate surface area is 147 Å². The molecule has 1 fully saturated rings. The fourth-order valence-electron chi connectivity index (χ4n) is 3.24. The van der Waals surface area contributed by atoms with E-state index in [2.05, 4.69) is 0 Å². The second-order valence-corrected chi connectivity index (χ2v) is 6.78. The lowest BCUT2D eigenvalue weighted by atomic mass is 10.0. The number of nitrogens with one attached hydrogen (secondary N) is 1. The van der Waals surface area contributed by atoms with Crippen LogP contribution in [0.15, 0.2) is 27.4 Å². The van der Waals surface area contributed by atoms with Crippen LogP contribution in [-0.2, 0) is 16.1 Å². The van der Waals surface area contributed by atoms with Crippen LogP contribution < -0.4 is 10.5 Å². The van der Waals surface area contributed by atoms with Crippen LogP contribution in [0.1, 0.15) is 16.7 Å². The summed E-state index contributed by atoms with van der Waals surface area (Å²) < 4.78 is 10.7. The predicted molar refractivity (Wildman–Crippen MR) is 94.8 cm³/mol. The Morgan fingerprint density at radius 1 is 1.24 bits per heavy atom. The average Bonchev–Trinajstić information content (AvgIpc) is 2.59. The molecule has 0 saturated carbocycles. The van der Waals surface area contributed by atoms with Crippen LogP contribution in [0, 0.1) is 13.8 Å². The second kappa shape index (κ2) is 7.37. The van der Waals surface area contributed by atoms with Gasteiger partial charge in [0.05, 0.1) is 20.3 Å². The molecule has 3 rings (SSSR count). The summed E-state index contributed by atoms with van der Waals surface area (Å²) in [6, 6.07) is 5.57. The van der Waals surface area contributed by atoms with Gasteiger partial charge < -0.3 is 19.0 Å². The number of rotatable bonds is 4. The first kappa shape index (κ1) is 17.6.